The van der Waals surface area contributed by atoms with E-state index in [2.05, 4.69) is 15.6 Å². The summed E-state index contributed by atoms with van der Waals surface area (Å²) < 4.78 is 11.2. The van der Waals surface area contributed by atoms with E-state index in [0.29, 0.717) is 12.7 Å². The summed E-state index contributed by atoms with van der Waals surface area (Å²) in [6, 6.07) is 3.80. The van der Waals surface area contributed by atoms with Crippen LogP contribution in [0.5, 0.6) is 0 Å². The molecule has 0 amide bonds. The molecule has 102 valence electrons. The second-order valence-corrected chi connectivity index (χ2v) is 4.74. The zero-order chi connectivity index (χ0) is 12.9. The van der Waals surface area contributed by atoms with E-state index in [4.69, 9.17) is 9.15 Å². The molecule has 0 spiro atoms. The highest BCUT2D eigenvalue weighted by atomic mass is 16.5. The molecule has 19 heavy (non-hydrogen) atoms. The maximum atomic E-state index is 5.84. The van der Waals surface area contributed by atoms with Crippen molar-refractivity contribution in [2.45, 2.75) is 18.9 Å². The van der Waals surface area contributed by atoms with Crippen LogP contribution in [-0.4, -0.2) is 37.3 Å². The number of furan rings is 1. The number of piperidine rings is 1. The van der Waals surface area contributed by atoms with Crippen molar-refractivity contribution in [3.8, 4) is 0 Å². The molecule has 3 rings (SSSR count). The average Bonchev–Trinajstić information content (AvgIpc) is 2.94. The number of anilines is 1. The van der Waals surface area contributed by atoms with Crippen LogP contribution in [0.1, 0.15) is 12.8 Å². The van der Waals surface area contributed by atoms with E-state index in [0.717, 1.165) is 49.3 Å². The van der Waals surface area contributed by atoms with E-state index >= 15 is 0 Å². The Labute approximate surface area is 112 Å². The molecule has 0 radical (unpaired) electrons. The van der Waals surface area contributed by atoms with Gasteiger partial charge in [0.1, 0.15) is 11.4 Å². The van der Waals surface area contributed by atoms with Gasteiger partial charge in [0, 0.05) is 12.7 Å². The van der Waals surface area contributed by atoms with E-state index < -0.39 is 0 Å². The molecular formula is C14H19N3O2. The lowest BCUT2D eigenvalue weighted by atomic mass is 10.1. The summed E-state index contributed by atoms with van der Waals surface area (Å²) in [5.74, 6) is 0.861. The molecule has 0 aliphatic carbocycles. The van der Waals surface area contributed by atoms with Crippen LogP contribution in [0.3, 0.4) is 0 Å². The number of aromatic nitrogens is 1. The molecule has 0 atom stereocenters. The number of ether oxygens (including phenoxy) is 1. The summed E-state index contributed by atoms with van der Waals surface area (Å²) in [4.78, 5) is 4.33. The maximum absolute atomic E-state index is 5.84. The van der Waals surface area contributed by atoms with E-state index in [1.54, 1.807) is 12.5 Å². The minimum atomic E-state index is 0.403. The molecule has 5 heteroatoms. The van der Waals surface area contributed by atoms with E-state index in [1.165, 1.54) is 0 Å². The monoisotopic (exact) mass is 261 g/mol. The first kappa shape index (κ1) is 12.4. The van der Waals surface area contributed by atoms with Crippen LogP contribution in [0.4, 0.5) is 5.82 Å². The van der Waals surface area contributed by atoms with Crippen molar-refractivity contribution in [2.75, 3.05) is 31.6 Å². The topological polar surface area (TPSA) is 59.3 Å². The van der Waals surface area contributed by atoms with Gasteiger partial charge in [-0.1, -0.05) is 0 Å². The van der Waals surface area contributed by atoms with Crippen molar-refractivity contribution in [3.05, 3.63) is 24.6 Å². The first-order valence-electron chi connectivity index (χ1n) is 6.82. The summed E-state index contributed by atoms with van der Waals surface area (Å²) in [5, 5.41) is 7.65. The van der Waals surface area contributed by atoms with Crippen LogP contribution in [0, 0.1) is 0 Å². The molecule has 1 aliphatic heterocycles. The number of hydrogen-bond acceptors (Lipinski definition) is 5. The Morgan fingerprint density at radius 1 is 1.37 bits per heavy atom. The Bertz CT molecular complexity index is 520. The van der Waals surface area contributed by atoms with Gasteiger partial charge in [-0.2, -0.15) is 0 Å². The quantitative estimate of drug-likeness (QED) is 0.806. The largest absolute Gasteiger partial charge is 0.464 e. The number of hydrogen-bond donors (Lipinski definition) is 2. The zero-order valence-corrected chi connectivity index (χ0v) is 10.9. The summed E-state index contributed by atoms with van der Waals surface area (Å²) in [6.07, 6.45) is 6.05. The van der Waals surface area contributed by atoms with Crippen molar-refractivity contribution in [2.24, 2.45) is 0 Å². The molecule has 5 nitrogen and oxygen atoms in total. The SMILES string of the molecule is c1cc2occc2c(NCCOC2CCNCC2)n1. The molecule has 0 saturated carbocycles. The third kappa shape index (κ3) is 3.05. The highest BCUT2D eigenvalue weighted by Gasteiger charge is 2.12. The van der Waals surface area contributed by atoms with Crippen molar-refractivity contribution in [1.82, 2.24) is 10.3 Å². The third-order valence-corrected chi connectivity index (χ3v) is 3.41. The summed E-state index contributed by atoms with van der Waals surface area (Å²) in [7, 11) is 0. The second kappa shape index (κ2) is 6.04. The van der Waals surface area contributed by atoms with E-state index in [1.807, 2.05) is 12.1 Å². The zero-order valence-electron chi connectivity index (χ0n) is 10.9. The van der Waals surface area contributed by atoms with Crippen molar-refractivity contribution in [3.63, 3.8) is 0 Å². The standard InChI is InChI=1S/C14H19N3O2/c1-5-15-6-2-11(1)18-10-8-17-14-12-4-9-19-13(12)3-7-16-14/h3-4,7,9,11,15H,1-2,5-6,8,10H2,(H,16,17). The number of rotatable bonds is 5. The molecular weight excluding hydrogens is 242 g/mol. The van der Waals surface area contributed by atoms with Crippen LogP contribution in [0.15, 0.2) is 29.0 Å². The Morgan fingerprint density at radius 3 is 3.16 bits per heavy atom. The predicted molar refractivity (Wildman–Crippen MR) is 74.3 cm³/mol. The predicted octanol–water partition coefficient (Wildman–Crippen LogP) is 2.01. The highest BCUT2D eigenvalue weighted by molar-refractivity contribution is 5.87. The lowest BCUT2D eigenvalue weighted by Crippen LogP contribution is -2.33. The second-order valence-electron chi connectivity index (χ2n) is 4.74. The van der Waals surface area contributed by atoms with Gasteiger partial charge in [0.2, 0.25) is 0 Å². The number of nitrogens with zero attached hydrogens (tertiary/aromatic N) is 1. The van der Waals surface area contributed by atoms with Gasteiger partial charge in [-0.25, -0.2) is 4.98 Å². The van der Waals surface area contributed by atoms with Crippen LogP contribution >= 0.6 is 0 Å². The maximum Gasteiger partial charge on any atom is 0.139 e. The minimum absolute atomic E-state index is 0.403. The van der Waals surface area contributed by atoms with Gasteiger partial charge in [-0.3, -0.25) is 0 Å². The first-order chi connectivity index (χ1) is 9.43. The van der Waals surface area contributed by atoms with Gasteiger partial charge in [0.15, 0.2) is 0 Å². The van der Waals surface area contributed by atoms with Crippen LogP contribution in [0.2, 0.25) is 0 Å². The third-order valence-electron chi connectivity index (χ3n) is 3.41. The molecule has 1 fully saturated rings. The number of nitrogens with one attached hydrogen (secondary N) is 2. The minimum Gasteiger partial charge on any atom is -0.464 e. The normalized spacial score (nSPS) is 16.8. The highest BCUT2D eigenvalue weighted by Crippen LogP contribution is 2.21. The fraction of sp³-hybridized carbons (Fsp3) is 0.500. The van der Waals surface area contributed by atoms with Crippen molar-refractivity contribution >= 4 is 16.8 Å². The number of fused-ring (bicyclic) bond motifs is 1. The Hall–Kier alpha value is -1.59. The molecule has 2 aromatic rings. The molecule has 1 aliphatic rings. The fourth-order valence-corrected chi connectivity index (χ4v) is 2.39. The Kier molecular flexibility index (Phi) is 3.95. The molecule has 0 aromatic carbocycles. The summed E-state index contributed by atoms with van der Waals surface area (Å²) in [5.41, 5.74) is 0.858. The number of pyridine rings is 1. The van der Waals surface area contributed by atoms with Crippen molar-refractivity contribution < 1.29 is 9.15 Å². The van der Waals surface area contributed by atoms with E-state index in [9.17, 15) is 0 Å². The van der Waals surface area contributed by atoms with Gasteiger partial charge in [0.25, 0.3) is 0 Å². The molecule has 0 unspecified atom stereocenters. The first-order valence-corrected chi connectivity index (χ1v) is 6.82. The summed E-state index contributed by atoms with van der Waals surface area (Å²) >= 11 is 0. The Balaban J connectivity index is 1.48. The Morgan fingerprint density at radius 2 is 2.26 bits per heavy atom. The summed E-state index contributed by atoms with van der Waals surface area (Å²) in [6.45, 7) is 3.60. The van der Waals surface area contributed by atoms with Gasteiger partial charge >= 0.3 is 0 Å². The van der Waals surface area contributed by atoms with Gasteiger partial charge in [-0.05, 0) is 38.1 Å². The van der Waals surface area contributed by atoms with Crippen molar-refractivity contribution in [1.29, 1.82) is 0 Å². The van der Waals surface area contributed by atoms with Crippen LogP contribution in [-0.2, 0) is 4.74 Å². The molecule has 2 aromatic heterocycles. The van der Waals surface area contributed by atoms with Gasteiger partial charge < -0.3 is 19.8 Å². The molecule has 1 saturated heterocycles. The molecule has 3 heterocycles. The smallest absolute Gasteiger partial charge is 0.139 e. The van der Waals surface area contributed by atoms with Gasteiger partial charge in [0.05, 0.1) is 24.4 Å². The molecule has 2 N–H and O–H groups in total. The van der Waals surface area contributed by atoms with Crippen LogP contribution < -0.4 is 10.6 Å². The molecule has 0 bridgehead atoms. The van der Waals surface area contributed by atoms with E-state index in [-0.39, 0.29) is 0 Å². The lowest BCUT2D eigenvalue weighted by molar-refractivity contribution is 0.0394. The van der Waals surface area contributed by atoms with Gasteiger partial charge in [-0.15, -0.1) is 0 Å². The average molecular weight is 261 g/mol. The lowest BCUT2D eigenvalue weighted by Gasteiger charge is -2.23. The fourth-order valence-electron chi connectivity index (χ4n) is 2.39. The van der Waals surface area contributed by atoms with Crippen LogP contribution in [0.25, 0.3) is 11.0 Å².